The van der Waals surface area contributed by atoms with Gasteiger partial charge in [0.05, 0.1) is 12.3 Å². The largest absolute Gasteiger partial charge is 0.462 e. The molecule has 8 heteroatoms. The van der Waals surface area contributed by atoms with Crippen molar-refractivity contribution in [1.82, 2.24) is 9.55 Å². The number of halogens is 1. The van der Waals surface area contributed by atoms with Gasteiger partial charge >= 0.3 is 5.97 Å². The van der Waals surface area contributed by atoms with Gasteiger partial charge in [-0.25, -0.2) is 9.78 Å². The van der Waals surface area contributed by atoms with Crippen LogP contribution in [0.2, 0.25) is 5.02 Å². The normalized spacial score (nSPS) is 10.9. The van der Waals surface area contributed by atoms with Crippen molar-refractivity contribution in [3.63, 3.8) is 0 Å². The lowest BCUT2D eigenvalue weighted by Gasteiger charge is -2.05. The van der Waals surface area contributed by atoms with Crippen LogP contribution in [0.25, 0.3) is 10.9 Å². The molecule has 0 atom stereocenters. The van der Waals surface area contributed by atoms with Crippen LogP contribution in [0, 0.1) is 6.92 Å². The minimum absolute atomic E-state index is 0.168. The summed E-state index contributed by atoms with van der Waals surface area (Å²) in [6, 6.07) is 7.63. The number of amides is 1. The lowest BCUT2D eigenvalue weighted by Crippen LogP contribution is -2.14. The molecule has 6 nitrogen and oxygen atoms in total. The number of rotatable bonds is 6. The van der Waals surface area contributed by atoms with Crippen LogP contribution < -0.4 is 5.32 Å². The molecule has 0 saturated heterocycles. The average Bonchev–Trinajstić information content (AvgIpc) is 3.17. The van der Waals surface area contributed by atoms with Crippen LogP contribution in [-0.4, -0.2) is 28.0 Å². The molecular weight excluding hydrogens is 374 g/mol. The van der Waals surface area contributed by atoms with E-state index in [-0.39, 0.29) is 12.3 Å². The average molecular weight is 392 g/mol. The Morgan fingerprint density at radius 3 is 2.92 bits per heavy atom. The van der Waals surface area contributed by atoms with Gasteiger partial charge in [-0.1, -0.05) is 29.0 Å². The van der Waals surface area contributed by atoms with Crippen molar-refractivity contribution >= 4 is 50.8 Å². The summed E-state index contributed by atoms with van der Waals surface area (Å²) in [5, 5.41) is 4.79. The topological polar surface area (TPSA) is 73.2 Å². The predicted molar refractivity (Wildman–Crippen MR) is 103 cm³/mol. The number of nitrogens with one attached hydrogen (secondary N) is 1. The van der Waals surface area contributed by atoms with Gasteiger partial charge < -0.3 is 14.6 Å². The van der Waals surface area contributed by atoms with E-state index >= 15 is 0 Å². The third-order valence-electron chi connectivity index (χ3n) is 3.84. The summed E-state index contributed by atoms with van der Waals surface area (Å²) in [6.45, 7) is 4.28. The number of anilines is 1. The molecule has 3 aromatic rings. The fourth-order valence-corrected chi connectivity index (χ4v) is 3.73. The van der Waals surface area contributed by atoms with Crippen molar-refractivity contribution < 1.29 is 14.3 Å². The fourth-order valence-electron chi connectivity index (χ4n) is 2.62. The second kappa shape index (κ2) is 7.88. The fraction of sp³-hybridized carbons (Fsp3) is 0.278. The second-order valence-electron chi connectivity index (χ2n) is 5.63. The molecule has 2 aromatic heterocycles. The van der Waals surface area contributed by atoms with Crippen molar-refractivity contribution in [2.45, 2.75) is 26.8 Å². The van der Waals surface area contributed by atoms with E-state index in [1.54, 1.807) is 13.8 Å². The number of ether oxygens (including phenoxy) is 1. The number of aromatic nitrogens is 2. The number of fused-ring (bicyclic) bond motifs is 1. The summed E-state index contributed by atoms with van der Waals surface area (Å²) in [5.41, 5.74) is 1.54. The zero-order chi connectivity index (χ0) is 18.7. The van der Waals surface area contributed by atoms with Gasteiger partial charge in [-0.15, -0.1) is 0 Å². The van der Waals surface area contributed by atoms with Crippen molar-refractivity contribution in [3.8, 4) is 0 Å². The first kappa shape index (κ1) is 18.4. The smallest absolute Gasteiger partial charge is 0.350 e. The van der Waals surface area contributed by atoms with E-state index < -0.39 is 5.97 Å². The molecule has 0 aliphatic heterocycles. The maximum Gasteiger partial charge on any atom is 0.350 e. The second-order valence-corrected chi connectivity index (χ2v) is 7.04. The molecule has 1 amide bonds. The molecule has 1 aromatic carbocycles. The molecule has 0 fully saturated rings. The van der Waals surface area contributed by atoms with Crippen LogP contribution in [-0.2, 0) is 16.1 Å². The summed E-state index contributed by atoms with van der Waals surface area (Å²) in [7, 11) is 0. The maximum atomic E-state index is 12.2. The third kappa shape index (κ3) is 3.89. The van der Waals surface area contributed by atoms with Crippen molar-refractivity contribution in [2.75, 3.05) is 11.9 Å². The number of nitrogens with zero attached hydrogens (tertiary/aromatic N) is 2. The van der Waals surface area contributed by atoms with Crippen LogP contribution in [0.5, 0.6) is 0 Å². The maximum absolute atomic E-state index is 12.2. The van der Waals surface area contributed by atoms with Crippen LogP contribution in [0.3, 0.4) is 0 Å². The highest BCUT2D eigenvalue weighted by Gasteiger charge is 2.17. The van der Waals surface area contributed by atoms with Crippen molar-refractivity contribution in [2.24, 2.45) is 0 Å². The number of benzene rings is 1. The van der Waals surface area contributed by atoms with Gasteiger partial charge in [0, 0.05) is 35.1 Å². The van der Waals surface area contributed by atoms with Gasteiger partial charge in [0.1, 0.15) is 4.88 Å². The Bertz CT molecular complexity index is 964. The van der Waals surface area contributed by atoms with Crippen molar-refractivity contribution in [3.05, 3.63) is 46.1 Å². The molecule has 0 saturated carbocycles. The zero-order valence-corrected chi connectivity index (χ0v) is 16.0. The quantitative estimate of drug-likeness (QED) is 0.637. The molecule has 136 valence electrons. The monoisotopic (exact) mass is 391 g/mol. The standard InChI is InChI=1S/C18H18ClN3O3S/c1-3-25-17(24)16-11(2)20-18(26-16)21-15(23)8-10-22-9-7-12-13(19)5-4-6-14(12)22/h4-7,9H,3,8,10H2,1-2H3,(H,20,21,23). The highest BCUT2D eigenvalue weighted by molar-refractivity contribution is 7.17. The molecule has 0 radical (unpaired) electrons. The number of hydrogen-bond donors (Lipinski definition) is 1. The van der Waals surface area contributed by atoms with Gasteiger partial charge in [0.2, 0.25) is 5.91 Å². The number of hydrogen-bond acceptors (Lipinski definition) is 5. The number of thiazole rings is 1. The summed E-state index contributed by atoms with van der Waals surface area (Å²) < 4.78 is 6.96. The number of esters is 1. The predicted octanol–water partition coefficient (Wildman–Crippen LogP) is 4.27. The zero-order valence-electron chi connectivity index (χ0n) is 14.4. The first-order chi connectivity index (χ1) is 12.5. The summed E-state index contributed by atoms with van der Waals surface area (Å²) in [5.74, 6) is -0.586. The first-order valence-corrected chi connectivity index (χ1v) is 9.36. The Kier molecular flexibility index (Phi) is 5.58. The van der Waals surface area contributed by atoms with E-state index in [1.165, 1.54) is 0 Å². The van der Waals surface area contributed by atoms with Crippen LogP contribution >= 0.6 is 22.9 Å². The number of aryl methyl sites for hydroxylation is 2. The molecule has 0 aliphatic rings. The SMILES string of the molecule is CCOC(=O)c1sc(NC(=O)CCn2ccc3c(Cl)cccc32)nc1C. The summed E-state index contributed by atoms with van der Waals surface area (Å²) in [6.07, 6.45) is 2.19. The number of carbonyl (C=O) groups excluding carboxylic acids is 2. The Labute approximate surface area is 159 Å². The van der Waals surface area contributed by atoms with Gasteiger partial charge in [-0.2, -0.15) is 0 Å². The first-order valence-electron chi connectivity index (χ1n) is 8.17. The van der Waals surface area contributed by atoms with Crippen molar-refractivity contribution in [1.29, 1.82) is 0 Å². The molecule has 0 unspecified atom stereocenters. The van der Waals surface area contributed by atoms with E-state index in [4.69, 9.17) is 16.3 Å². The Morgan fingerprint density at radius 1 is 1.35 bits per heavy atom. The van der Waals surface area contributed by atoms with Crippen LogP contribution in [0.15, 0.2) is 30.5 Å². The molecule has 1 N–H and O–H groups in total. The molecule has 2 heterocycles. The molecule has 0 spiro atoms. The summed E-state index contributed by atoms with van der Waals surface area (Å²) in [4.78, 5) is 28.7. The highest BCUT2D eigenvalue weighted by Crippen LogP contribution is 2.25. The molecule has 0 bridgehead atoms. The molecular formula is C18H18ClN3O3S. The lowest BCUT2D eigenvalue weighted by atomic mass is 10.2. The van der Waals surface area contributed by atoms with Gasteiger partial charge in [-0.05, 0) is 32.0 Å². The van der Waals surface area contributed by atoms with E-state index in [1.807, 2.05) is 35.0 Å². The van der Waals surface area contributed by atoms with Crippen LogP contribution in [0.4, 0.5) is 5.13 Å². The van der Waals surface area contributed by atoms with E-state index in [0.29, 0.717) is 33.9 Å². The molecule has 3 rings (SSSR count). The third-order valence-corrected chi connectivity index (χ3v) is 5.23. The van der Waals surface area contributed by atoms with Gasteiger partial charge in [0.15, 0.2) is 5.13 Å². The Hall–Kier alpha value is -2.38. The Morgan fingerprint density at radius 2 is 2.15 bits per heavy atom. The lowest BCUT2D eigenvalue weighted by molar-refractivity contribution is -0.116. The van der Waals surface area contributed by atoms with Crippen LogP contribution in [0.1, 0.15) is 28.7 Å². The molecule has 26 heavy (non-hydrogen) atoms. The van der Waals surface area contributed by atoms with Gasteiger partial charge in [0.25, 0.3) is 0 Å². The molecule has 0 aliphatic carbocycles. The van der Waals surface area contributed by atoms with E-state index in [0.717, 1.165) is 22.2 Å². The van der Waals surface area contributed by atoms with E-state index in [2.05, 4.69) is 10.3 Å². The Balaban J connectivity index is 1.63. The minimum Gasteiger partial charge on any atom is -0.462 e. The minimum atomic E-state index is -0.418. The van der Waals surface area contributed by atoms with Gasteiger partial charge in [-0.3, -0.25) is 4.79 Å². The number of carbonyl (C=O) groups is 2. The highest BCUT2D eigenvalue weighted by atomic mass is 35.5. The van der Waals surface area contributed by atoms with E-state index in [9.17, 15) is 9.59 Å². The summed E-state index contributed by atoms with van der Waals surface area (Å²) >= 11 is 7.29.